The lowest BCUT2D eigenvalue weighted by atomic mass is 10.1. The van der Waals surface area contributed by atoms with Crippen molar-refractivity contribution < 1.29 is 18.3 Å². The lowest BCUT2D eigenvalue weighted by molar-refractivity contribution is -0.0499. The maximum absolute atomic E-state index is 12.7. The van der Waals surface area contributed by atoms with Gasteiger partial charge in [-0.25, -0.2) is 4.68 Å². The number of para-hydroxylation sites is 1. The molecule has 0 unspecified atom stereocenters. The van der Waals surface area contributed by atoms with E-state index < -0.39 is 6.61 Å². The first-order chi connectivity index (χ1) is 13.4. The van der Waals surface area contributed by atoms with Crippen LogP contribution in [0.4, 0.5) is 8.78 Å². The predicted octanol–water partition coefficient (Wildman–Crippen LogP) is 4.36. The Bertz CT molecular complexity index is 971. The van der Waals surface area contributed by atoms with Gasteiger partial charge in [0.1, 0.15) is 5.75 Å². The molecule has 7 heteroatoms. The van der Waals surface area contributed by atoms with Crippen LogP contribution in [0.5, 0.6) is 5.75 Å². The molecule has 0 fully saturated rings. The van der Waals surface area contributed by atoms with E-state index >= 15 is 0 Å². The van der Waals surface area contributed by atoms with E-state index in [0.717, 1.165) is 22.6 Å². The highest BCUT2D eigenvalue weighted by molar-refractivity contribution is 5.94. The second-order valence-electron chi connectivity index (χ2n) is 6.46. The van der Waals surface area contributed by atoms with Crippen molar-refractivity contribution >= 4 is 5.91 Å². The molecule has 28 heavy (non-hydrogen) atoms. The Morgan fingerprint density at radius 2 is 1.86 bits per heavy atom. The van der Waals surface area contributed by atoms with Gasteiger partial charge in [-0.1, -0.05) is 24.3 Å². The van der Waals surface area contributed by atoms with Gasteiger partial charge in [-0.2, -0.15) is 13.9 Å². The van der Waals surface area contributed by atoms with Crippen molar-refractivity contribution in [1.29, 1.82) is 0 Å². The minimum atomic E-state index is -2.93. The van der Waals surface area contributed by atoms with E-state index in [1.54, 1.807) is 13.1 Å². The summed E-state index contributed by atoms with van der Waals surface area (Å²) in [6.07, 6.45) is 0. The quantitative estimate of drug-likeness (QED) is 0.633. The first kappa shape index (κ1) is 19.5. The molecule has 3 aromatic rings. The zero-order chi connectivity index (χ0) is 20.3. The Morgan fingerprint density at radius 3 is 2.54 bits per heavy atom. The van der Waals surface area contributed by atoms with Crippen LogP contribution in [0, 0.1) is 13.8 Å². The van der Waals surface area contributed by atoms with E-state index in [2.05, 4.69) is 9.84 Å². The molecule has 1 aromatic heterocycles. The van der Waals surface area contributed by atoms with Gasteiger partial charge in [0.05, 0.1) is 11.4 Å². The molecule has 0 atom stereocenters. The van der Waals surface area contributed by atoms with Crippen molar-refractivity contribution in [2.75, 3.05) is 7.05 Å². The fraction of sp³-hybridized carbons (Fsp3) is 0.238. The molecular weight excluding hydrogens is 364 g/mol. The fourth-order valence-electron chi connectivity index (χ4n) is 3.06. The molecule has 0 bridgehead atoms. The van der Waals surface area contributed by atoms with Gasteiger partial charge in [0.25, 0.3) is 5.91 Å². The zero-order valence-electron chi connectivity index (χ0n) is 15.9. The molecule has 0 aliphatic rings. The molecule has 0 aliphatic carbocycles. The second kappa shape index (κ2) is 8.21. The standard InChI is InChI=1S/C21H21F2N3O2/c1-14-19(15(2)26(24-14)17-9-5-4-6-10-17)13-25(3)20(27)16-8-7-11-18(12-16)28-21(22)23/h4-12,21H,13H2,1-3H3. The van der Waals surface area contributed by atoms with Crippen molar-refractivity contribution in [3.8, 4) is 11.4 Å². The fourth-order valence-corrected chi connectivity index (χ4v) is 3.06. The minimum Gasteiger partial charge on any atom is -0.435 e. The molecule has 1 amide bonds. The van der Waals surface area contributed by atoms with Crippen LogP contribution in [0.1, 0.15) is 27.3 Å². The third-order valence-electron chi connectivity index (χ3n) is 4.49. The van der Waals surface area contributed by atoms with Crippen LogP contribution in [0.25, 0.3) is 5.69 Å². The highest BCUT2D eigenvalue weighted by Gasteiger charge is 2.19. The normalized spacial score (nSPS) is 10.9. The molecule has 5 nitrogen and oxygen atoms in total. The van der Waals surface area contributed by atoms with Gasteiger partial charge in [0.15, 0.2) is 0 Å². The summed E-state index contributed by atoms with van der Waals surface area (Å²) in [5.74, 6) is -0.329. The van der Waals surface area contributed by atoms with Crippen LogP contribution in [0.3, 0.4) is 0 Å². The molecular formula is C21H21F2N3O2. The van der Waals surface area contributed by atoms with Gasteiger partial charge < -0.3 is 9.64 Å². The lowest BCUT2D eigenvalue weighted by Gasteiger charge is -2.18. The van der Waals surface area contributed by atoms with Crippen LogP contribution >= 0.6 is 0 Å². The predicted molar refractivity (Wildman–Crippen MR) is 102 cm³/mol. The Balaban J connectivity index is 1.81. The first-order valence-corrected chi connectivity index (χ1v) is 8.77. The maximum atomic E-state index is 12.7. The molecule has 0 spiro atoms. The summed E-state index contributed by atoms with van der Waals surface area (Å²) in [5, 5.41) is 4.59. The van der Waals surface area contributed by atoms with Gasteiger partial charge in [0, 0.05) is 30.4 Å². The van der Waals surface area contributed by atoms with Gasteiger partial charge in [0.2, 0.25) is 0 Å². The van der Waals surface area contributed by atoms with Gasteiger partial charge in [-0.15, -0.1) is 0 Å². The summed E-state index contributed by atoms with van der Waals surface area (Å²) in [5.41, 5.74) is 3.94. The molecule has 2 aromatic carbocycles. The number of hydrogen-bond acceptors (Lipinski definition) is 3. The number of rotatable bonds is 6. The molecule has 146 valence electrons. The summed E-state index contributed by atoms with van der Waals surface area (Å²) < 4.78 is 31.0. The number of hydrogen-bond donors (Lipinski definition) is 0. The monoisotopic (exact) mass is 385 g/mol. The number of halogens is 2. The molecule has 0 saturated heterocycles. The molecule has 1 heterocycles. The molecule has 0 N–H and O–H groups in total. The summed E-state index contributed by atoms with van der Waals surface area (Å²) in [7, 11) is 1.67. The van der Waals surface area contributed by atoms with E-state index in [1.807, 2.05) is 48.9 Å². The SMILES string of the molecule is Cc1nn(-c2ccccc2)c(C)c1CN(C)C(=O)c1cccc(OC(F)F)c1. The van der Waals surface area contributed by atoms with Crippen molar-refractivity contribution in [2.45, 2.75) is 27.0 Å². The zero-order valence-corrected chi connectivity index (χ0v) is 15.9. The van der Waals surface area contributed by atoms with Gasteiger partial charge in [-0.3, -0.25) is 4.79 Å². The third-order valence-corrected chi connectivity index (χ3v) is 4.49. The van der Waals surface area contributed by atoms with Gasteiger partial charge in [-0.05, 0) is 44.2 Å². The summed E-state index contributed by atoms with van der Waals surface area (Å²) in [4.78, 5) is 14.3. The van der Waals surface area contributed by atoms with E-state index in [1.165, 1.54) is 23.1 Å². The highest BCUT2D eigenvalue weighted by atomic mass is 19.3. The smallest absolute Gasteiger partial charge is 0.387 e. The third kappa shape index (κ3) is 4.19. The van der Waals surface area contributed by atoms with Crippen molar-refractivity contribution in [3.63, 3.8) is 0 Å². The largest absolute Gasteiger partial charge is 0.435 e. The number of alkyl halides is 2. The Morgan fingerprint density at radius 1 is 1.14 bits per heavy atom. The van der Waals surface area contributed by atoms with Crippen LogP contribution < -0.4 is 4.74 Å². The van der Waals surface area contributed by atoms with E-state index in [-0.39, 0.29) is 17.2 Å². The number of amides is 1. The van der Waals surface area contributed by atoms with E-state index in [4.69, 9.17) is 0 Å². The summed E-state index contributed by atoms with van der Waals surface area (Å²) in [6.45, 7) is 1.27. The summed E-state index contributed by atoms with van der Waals surface area (Å²) in [6, 6.07) is 15.5. The number of benzene rings is 2. The van der Waals surface area contributed by atoms with E-state index in [9.17, 15) is 13.6 Å². The highest BCUT2D eigenvalue weighted by Crippen LogP contribution is 2.21. The number of carbonyl (C=O) groups is 1. The Hall–Kier alpha value is -3.22. The van der Waals surface area contributed by atoms with E-state index in [0.29, 0.717) is 6.54 Å². The van der Waals surface area contributed by atoms with Crippen LogP contribution in [0.2, 0.25) is 0 Å². The van der Waals surface area contributed by atoms with Crippen LogP contribution in [0.15, 0.2) is 54.6 Å². The average Bonchev–Trinajstić information content (AvgIpc) is 2.96. The number of aryl methyl sites for hydroxylation is 1. The van der Waals surface area contributed by atoms with Gasteiger partial charge >= 0.3 is 6.61 Å². The average molecular weight is 385 g/mol. The topological polar surface area (TPSA) is 47.4 Å². The molecule has 0 aliphatic heterocycles. The number of aromatic nitrogens is 2. The Kier molecular flexibility index (Phi) is 5.73. The van der Waals surface area contributed by atoms with Crippen LogP contribution in [-0.4, -0.2) is 34.2 Å². The Labute approximate surface area is 162 Å². The maximum Gasteiger partial charge on any atom is 0.387 e. The number of ether oxygens (including phenoxy) is 1. The minimum absolute atomic E-state index is 0.0430. The number of nitrogens with zero attached hydrogens (tertiary/aromatic N) is 3. The lowest BCUT2D eigenvalue weighted by Crippen LogP contribution is -2.26. The summed E-state index contributed by atoms with van der Waals surface area (Å²) >= 11 is 0. The van der Waals surface area contributed by atoms with Crippen molar-refractivity contribution in [1.82, 2.24) is 14.7 Å². The molecule has 0 radical (unpaired) electrons. The van der Waals surface area contributed by atoms with Crippen LogP contribution in [-0.2, 0) is 6.54 Å². The van der Waals surface area contributed by atoms with Crippen molar-refractivity contribution in [3.05, 3.63) is 77.1 Å². The molecule has 3 rings (SSSR count). The number of carbonyl (C=O) groups excluding carboxylic acids is 1. The molecule has 0 saturated carbocycles. The first-order valence-electron chi connectivity index (χ1n) is 8.77. The van der Waals surface area contributed by atoms with Crippen molar-refractivity contribution in [2.24, 2.45) is 0 Å². The second-order valence-corrected chi connectivity index (χ2v) is 6.46.